The van der Waals surface area contributed by atoms with Crippen molar-refractivity contribution in [3.8, 4) is 0 Å². The lowest BCUT2D eigenvalue weighted by Gasteiger charge is -2.41. The number of aliphatic hydroxyl groups is 5. The van der Waals surface area contributed by atoms with Gasteiger partial charge in [-0.3, -0.25) is 18.6 Å². The summed E-state index contributed by atoms with van der Waals surface area (Å²) in [6.07, 6.45) is 25.1. The van der Waals surface area contributed by atoms with Gasteiger partial charge in [0, 0.05) is 12.8 Å². The van der Waals surface area contributed by atoms with Gasteiger partial charge in [0.25, 0.3) is 0 Å². The number of carbonyl (C=O) groups is 2. The number of allylic oxidation sites excluding steroid dienone is 4. The van der Waals surface area contributed by atoms with Crippen LogP contribution in [0.5, 0.6) is 0 Å². The van der Waals surface area contributed by atoms with Crippen LogP contribution < -0.4 is 0 Å². The Morgan fingerprint density at radius 3 is 1.31 bits per heavy atom. The molecule has 14 heteroatoms. The smallest absolute Gasteiger partial charge is 0.462 e. The molecular formula is C45H83O13P. The monoisotopic (exact) mass is 863 g/mol. The van der Waals surface area contributed by atoms with Crippen molar-refractivity contribution in [3.63, 3.8) is 0 Å². The summed E-state index contributed by atoms with van der Waals surface area (Å²) < 4.78 is 33.5. The molecule has 59 heavy (non-hydrogen) atoms. The van der Waals surface area contributed by atoms with Gasteiger partial charge in [-0.2, -0.15) is 0 Å². The number of carbonyl (C=O) groups excluding carboxylic acids is 2. The Balaban J connectivity index is 2.47. The number of unbranched alkanes of at least 4 members (excludes halogenated alkanes) is 22. The molecule has 1 fully saturated rings. The Bertz CT molecular complexity index is 1130. The molecular weight excluding hydrogens is 779 g/mol. The average molecular weight is 863 g/mol. The van der Waals surface area contributed by atoms with Gasteiger partial charge < -0.3 is 39.9 Å². The van der Waals surface area contributed by atoms with Crippen molar-refractivity contribution in [1.82, 2.24) is 0 Å². The summed E-state index contributed by atoms with van der Waals surface area (Å²) in [5.74, 6) is -1.11. The van der Waals surface area contributed by atoms with Gasteiger partial charge in [0.2, 0.25) is 0 Å². The minimum Gasteiger partial charge on any atom is -0.462 e. The second-order valence-corrected chi connectivity index (χ2v) is 17.7. The molecule has 0 amide bonds. The van der Waals surface area contributed by atoms with Crippen molar-refractivity contribution in [2.24, 2.45) is 0 Å². The van der Waals surface area contributed by atoms with E-state index in [1.807, 2.05) is 0 Å². The highest BCUT2D eigenvalue weighted by Crippen LogP contribution is 2.47. The zero-order chi connectivity index (χ0) is 43.6. The van der Waals surface area contributed by atoms with Gasteiger partial charge in [0.05, 0.1) is 6.61 Å². The number of phosphoric acid groups is 1. The van der Waals surface area contributed by atoms with Crippen molar-refractivity contribution in [1.29, 1.82) is 0 Å². The maximum Gasteiger partial charge on any atom is 0.472 e. The number of hydrogen-bond acceptors (Lipinski definition) is 12. The molecule has 346 valence electrons. The molecule has 1 aliphatic rings. The van der Waals surface area contributed by atoms with Crippen molar-refractivity contribution in [2.45, 2.75) is 236 Å². The van der Waals surface area contributed by atoms with Crippen molar-refractivity contribution < 1.29 is 63.1 Å². The van der Waals surface area contributed by atoms with E-state index in [9.17, 15) is 44.6 Å². The van der Waals surface area contributed by atoms with Crippen LogP contribution in [0.4, 0.5) is 0 Å². The Morgan fingerprint density at radius 1 is 0.508 bits per heavy atom. The van der Waals surface area contributed by atoms with Crippen LogP contribution in [-0.4, -0.2) is 98.3 Å². The molecule has 6 N–H and O–H groups in total. The summed E-state index contributed by atoms with van der Waals surface area (Å²) in [4.78, 5) is 35.7. The fourth-order valence-corrected chi connectivity index (χ4v) is 7.95. The van der Waals surface area contributed by atoms with Gasteiger partial charge in [0.1, 0.15) is 43.2 Å². The predicted molar refractivity (Wildman–Crippen MR) is 230 cm³/mol. The van der Waals surface area contributed by atoms with Gasteiger partial charge >= 0.3 is 19.8 Å². The van der Waals surface area contributed by atoms with Gasteiger partial charge in [-0.25, -0.2) is 4.57 Å². The molecule has 0 heterocycles. The lowest BCUT2D eigenvalue weighted by atomic mass is 9.85. The molecule has 6 unspecified atom stereocenters. The minimum atomic E-state index is -5.12. The molecule has 0 aromatic rings. The number of phosphoric ester groups is 1. The standard InChI is InChI=1S/C45H83O13P/c1-3-5-7-9-11-13-15-17-19-21-23-25-27-29-31-33-38(46)55-35-37(36-56-59(53,54)58-45-43(51)41(49)40(48)42(50)44(45)52)57-39(47)34-32-30-28-26-24-22-20-18-16-14-12-10-8-6-4-2/h14,16-17,19,37,40-45,48-52H,3-13,15,18,20-36H2,1-2H3,(H,53,54). The lowest BCUT2D eigenvalue weighted by molar-refractivity contribution is -0.220. The molecule has 6 atom stereocenters. The first-order chi connectivity index (χ1) is 28.4. The normalized spacial score (nSPS) is 22.5. The molecule has 0 spiro atoms. The quantitative estimate of drug-likeness (QED) is 0.0149. The van der Waals surface area contributed by atoms with Crippen molar-refractivity contribution >= 4 is 19.8 Å². The first-order valence-corrected chi connectivity index (χ1v) is 24.6. The third-order valence-corrected chi connectivity index (χ3v) is 11.8. The summed E-state index contributed by atoms with van der Waals surface area (Å²) in [5, 5.41) is 50.1. The van der Waals surface area contributed by atoms with Gasteiger partial charge in [-0.15, -0.1) is 0 Å². The van der Waals surface area contributed by atoms with E-state index in [0.29, 0.717) is 12.8 Å². The highest BCUT2D eigenvalue weighted by Gasteiger charge is 2.51. The fraction of sp³-hybridized carbons (Fsp3) is 0.867. The molecule has 0 aliphatic heterocycles. The lowest BCUT2D eigenvalue weighted by Crippen LogP contribution is -2.64. The van der Waals surface area contributed by atoms with Gasteiger partial charge in [0.15, 0.2) is 6.10 Å². The minimum absolute atomic E-state index is 0.0915. The van der Waals surface area contributed by atoms with Crippen LogP contribution in [0, 0.1) is 0 Å². The SMILES string of the molecule is CCCCCCC=CCCCCCCCCCC(=O)OC(COC(=O)CCCCCCCC=CCCCCCCCC)COP(=O)(O)OC1C(O)C(O)C(O)C(O)C1O. The van der Waals surface area contributed by atoms with E-state index in [0.717, 1.165) is 77.0 Å². The van der Waals surface area contributed by atoms with Crippen LogP contribution in [0.15, 0.2) is 24.3 Å². The fourth-order valence-electron chi connectivity index (χ4n) is 6.98. The first kappa shape index (κ1) is 55.3. The van der Waals surface area contributed by atoms with Crippen LogP contribution in [0.3, 0.4) is 0 Å². The maximum absolute atomic E-state index is 12.8. The number of ether oxygens (including phenoxy) is 2. The van der Waals surface area contributed by atoms with Gasteiger partial charge in [-0.1, -0.05) is 141 Å². The largest absolute Gasteiger partial charge is 0.472 e. The molecule has 1 aliphatic carbocycles. The molecule has 13 nitrogen and oxygen atoms in total. The molecule has 0 aromatic carbocycles. The summed E-state index contributed by atoms with van der Waals surface area (Å²) >= 11 is 0. The Labute approximate surface area is 356 Å². The van der Waals surface area contributed by atoms with E-state index in [2.05, 4.69) is 38.2 Å². The summed E-state index contributed by atoms with van der Waals surface area (Å²) in [7, 11) is -5.12. The van der Waals surface area contributed by atoms with E-state index < -0.39 is 75.7 Å². The highest BCUT2D eigenvalue weighted by atomic mass is 31.2. The highest BCUT2D eigenvalue weighted by molar-refractivity contribution is 7.47. The molecule has 0 saturated heterocycles. The van der Waals surface area contributed by atoms with Crippen LogP contribution in [0.2, 0.25) is 0 Å². The zero-order valence-corrected chi connectivity index (χ0v) is 37.4. The first-order valence-electron chi connectivity index (χ1n) is 23.1. The number of rotatable bonds is 38. The summed E-state index contributed by atoms with van der Waals surface area (Å²) in [6.45, 7) is 3.27. The predicted octanol–water partition coefficient (Wildman–Crippen LogP) is 8.84. The molecule has 1 saturated carbocycles. The molecule has 0 aromatic heterocycles. The number of esters is 2. The number of hydrogen-bond donors (Lipinski definition) is 6. The van der Waals surface area contributed by atoms with Crippen LogP contribution in [0.1, 0.15) is 194 Å². The van der Waals surface area contributed by atoms with Crippen LogP contribution >= 0.6 is 7.82 Å². The van der Waals surface area contributed by atoms with E-state index in [1.54, 1.807) is 0 Å². The van der Waals surface area contributed by atoms with Crippen molar-refractivity contribution in [2.75, 3.05) is 13.2 Å². The van der Waals surface area contributed by atoms with Crippen LogP contribution in [0.25, 0.3) is 0 Å². The second-order valence-electron chi connectivity index (χ2n) is 16.3. The van der Waals surface area contributed by atoms with E-state index in [1.165, 1.54) is 77.0 Å². The molecule has 0 bridgehead atoms. The maximum atomic E-state index is 12.8. The summed E-state index contributed by atoms with van der Waals surface area (Å²) in [5.41, 5.74) is 0. The second kappa shape index (κ2) is 35.9. The van der Waals surface area contributed by atoms with E-state index in [-0.39, 0.29) is 12.8 Å². The topological polar surface area (TPSA) is 210 Å². The Morgan fingerprint density at radius 2 is 0.864 bits per heavy atom. The Kier molecular flexibility index (Phi) is 33.7. The zero-order valence-electron chi connectivity index (χ0n) is 36.6. The number of aliphatic hydroxyl groups excluding tert-OH is 5. The van der Waals surface area contributed by atoms with Crippen molar-refractivity contribution in [3.05, 3.63) is 24.3 Å². The van der Waals surface area contributed by atoms with E-state index >= 15 is 0 Å². The van der Waals surface area contributed by atoms with Gasteiger partial charge in [-0.05, 0) is 64.2 Å². The molecule has 1 rings (SSSR count). The summed E-state index contributed by atoms with van der Waals surface area (Å²) in [6, 6.07) is 0. The third-order valence-electron chi connectivity index (χ3n) is 10.8. The third kappa shape index (κ3) is 28.5. The Hall–Kier alpha value is -1.67. The molecule has 0 radical (unpaired) electrons. The van der Waals surface area contributed by atoms with E-state index in [4.69, 9.17) is 18.5 Å². The average Bonchev–Trinajstić information content (AvgIpc) is 3.21. The van der Waals surface area contributed by atoms with Crippen LogP contribution in [-0.2, 0) is 32.7 Å².